The third kappa shape index (κ3) is 3.44. The lowest BCUT2D eigenvalue weighted by Crippen LogP contribution is -2.57. The number of urea groups is 1. The minimum atomic E-state index is -0.527. The number of hydrogen-bond acceptors (Lipinski definition) is 3. The standard InChI is InChI=1S/C15H28N2O3/c1-14(2,20-3)11-16-13(18)17-9-8-15(19)7-5-4-6-12(15)10-17/h12,19H,4-11H2,1-3H3,(H,16,18). The Balaban J connectivity index is 1.86. The molecule has 1 heterocycles. The van der Waals surface area contributed by atoms with Crippen LogP contribution in [0, 0.1) is 5.92 Å². The molecule has 0 aromatic heterocycles. The van der Waals surface area contributed by atoms with Crippen LogP contribution in [0.3, 0.4) is 0 Å². The number of fused-ring (bicyclic) bond motifs is 1. The Bertz CT molecular complexity index is 359. The van der Waals surface area contributed by atoms with Gasteiger partial charge < -0.3 is 20.1 Å². The van der Waals surface area contributed by atoms with E-state index in [1.807, 2.05) is 18.7 Å². The number of nitrogens with zero attached hydrogens (tertiary/aromatic N) is 1. The SMILES string of the molecule is COC(C)(C)CNC(=O)N1CCC2(O)CCCCC2C1. The van der Waals surface area contributed by atoms with Crippen molar-refractivity contribution in [2.75, 3.05) is 26.7 Å². The number of likely N-dealkylation sites (tertiary alicyclic amines) is 1. The summed E-state index contributed by atoms with van der Waals surface area (Å²) in [7, 11) is 1.65. The molecule has 1 saturated heterocycles. The average Bonchev–Trinajstić information content (AvgIpc) is 2.44. The number of nitrogens with one attached hydrogen (secondary N) is 1. The summed E-state index contributed by atoms with van der Waals surface area (Å²) in [5.74, 6) is 0.242. The van der Waals surface area contributed by atoms with E-state index in [4.69, 9.17) is 4.74 Å². The van der Waals surface area contributed by atoms with E-state index in [-0.39, 0.29) is 17.6 Å². The second-order valence-electron chi connectivity index (χ2n) is 6.86. The van der Waals surface area contributed by atoms with E-state index in [0.29, 0.717) is 26.1 Å². The second kappa shape index (κ2) is 5.90. The Morgan fingerprint density at radius 2 is 2.20 bits per heavy atom. The van der Waals surface area contributed by atoms with Crippen LogP contribution in [-0.4, -0.2) is 54.0 Å². The Morgan fingerprint density at radius 1 is 1.45 bits per heavy atom. The molecule has 5 heteroatoms. The number of methoxy groups -OCH3 is 1. The van der Waals surface area contributed by atoms with Gasteiger partial charge in [-0.2, -0.15) is 0 Å². The normalized spacial score (nSPS) is 30.8. The number of carbonyl (C=O) groups excluding carboxylic acids is 1. The minimum Gasteiger partial charge on any atom is -0.389 e. The Kier molecular flexibility index (Phi) is 4.59. The first-order valence-corrected chi connectivity index (χ1v) is 7.67. The van der Waals surface area contributed by atoms with Crippen molar-refractivity contribution >= 4 is 6.03 Å². The van der Waals surface area contributed by atoms with Gasteiger partial charge in [-0.05, 0) is 33.1 Å². The first kappa shape index (κ1) is 15.6. The molecule has 1 saturated carbocycles. The van der Waals surface area contributed by atoms with Crippen molar-refractivity contribution < 1.29 is 14.6 Å². The summed E-state index contributed by atoms with van der Waals surface area (Å²) in [5, 5.41) is 13.5. The number of piperidine rings is 1. The van der Waals surface area contributed by atoms with Crippen LogP contribution in [-0.2, 0) is 4.74 Å². The van der Waals surface area contributed by atoms with Gasteiger partial charge in [0.15, 0.2) is 0 Å². The van der Waals surface area contributed by atoms with Crippen LogP contribution in [0.15, 0.2) is 0 Å². The highest BCUT2D eigenvalue weighted by molar-refractivity contribution is 5.74. The fourth-order valence-electron chi connectivity index (χ4n) is 3.23. The third-order valence-corrected chi connectivity index (χ3v) is 4.93. The largest absolute Gasteiger partial charge is 0.389 e. The summed E-state index contributed by atoms with van der Waals surface area (Å²) >= 11 is 0. The topological polar surface area (TPSA) is 61.8 Å². The molecule has 0 aromatic carbocycles. The maximum absolute atomic E-state index is 12.2. The van der Waals surface area contributed by atoms with Crippen molar-refractivity contribution in [3.05, 3.63) is 0 Å². The molecule has 2 atom stereocenters. The quantitative estimate of drug-likeness (QED) is 0.830. The van der Waals surface area contributed by atoms with Crippen LogP contribution >= 0.6 is 0 Å². The van der Waals surface area contributed by atoms with Gasteiger partial charge in [-0.3, -0.25) is 0 Å². The lowest BCUT2D eigenvalue weighted by Gasteiger charge is -2.47. The van der Waals surface area contributed by atoms with Gasteiger partial charge in [-0.15, -0.1) is 0 Å². The van der Waals surface area contributed by atoms with Gasteiger partial charge in [0.1, 0.15) is 0 Å². The molecular formula is C15H28N2O3. The van der Waals surface area contributed by atoms with Crippen LogP contribution < -0.4 is 5.32 Å². The number of amides is 2. The van der Waals surface area contributed by atoms with E-state index in [0.717, 1.165) is 19.3 Å². The molecule has 5 nitrogen and oxygen atoms in total. The third-order valence-electron chi connectivity index (χ3n) is 4.93. The molecule has 2 fully saturated rings. The fraction of sp³-hybridized carbons (Fsp3) is 0.933. The zero-order chi connectivity index (χ0) is 14.8. The van der Waals surface area contributed by atoms with E-state index in [1.54, 1.807) is 7.11 Å². The van der Waals surface area contributed by atoms with Crippen LogP contribution in [0.2, 0.25) is 0 Å². The van der Waals surface area contributed by atoms with Gasteiger partial charge in [-0.1, -0.05) is 12.8 Å². The summed E-state index contributed by atoms with van der Waals surface area (Å²) in [6.45, 7) is 5.71. The maximum atomic E-state index is 12.2. The number of carbonyl (C=O) groups is 1. The van der Waals surface area contributed by atoms with Crippen LogP contribution in [0.25, 0.3) is 0 Å². The van der Waals surface area contributed by atoms with Gasteiger partial charge in [0, 0.05) is 32.7 Å². The van der Waals surface area contributed by atoms with E-state index in [9.17, 15) is 9.90 Å². The molecule has 116 valence electrons. The first-order chi connectivity index (χ1) is 9.36. The van der Waals surface area contributed by atoms with Crippen molar-refractivity contribution in [3.63, 3.8) is 0 Å². The zero-order valence-corrected chi connectivity index (χ0v) is 12.9. The molecule has 0 spiro atoms. The summed E-state index contributed by atoms with van der Waals surface area (Å²) in [6, 6.07) is -0.0391. The van der Waals surface area contributed by atoms with Crippen LogP contribution in [0.5, 0.6) is 0 Å². The lowest BCUT2D eigenvalue weighted by atomic mass is 9.71. The molecule has 1 aliphatic heterocycles. The van der Waals surface area contributed by atoms with Gasteiger partial charge in [-0.25, -0.2) is 4.79 Å². The van der Waals surface area contributed by atoms with Crippen molar-refractivity contribution in [3.8, 4) is 0 Å². The molecule has 2 amide bonds. The maximum Gasteiger partial charge on any atom is 0.317 e. The summed E-state index contributed by atoms with van der Waals surface area (Å²) in [6.07, 6.45) is 4.91. The summed E-state index contributed by atoms with van der Waals surface area (Å²) in [5.41, 5.74) is -0.877. The predicted molar refractivity (Wildman–Crippen MR) is 77.6 cm³/mol. The van der Waals surface area contributed by atoms with E-state index in [2.05, 4.69) is 5.32 Å². The number of aliphatic hydroxyl groups is 1. The fourth-order valence-corrected chi connectivity index (χ4v) is 3.23. The molecule has 0 bridgehead atoms. The summed E-state index contributed by atoms with van der Waals surface area (Å²) in [4.78, 5) is 14.1. The highest BCUT2D eigenvalue weighted by atomic mass is 16.5. The highest BCUT2D eigenvalue weighted by Crippen LogP contribution is 2.39. The van der Waals surface area contributed by atoms with Gasteiger partial charge in [0.25, 0.3) is 0 Å². The second-order valence-corrected chi connectivity index (χ2v) is 6.86. The smallest absolute Gasteiger partial charge is 0.317 e. The van der Waals surface area contributed by atoms with E-state index < -0.39 is 5.60 Å². The van der Waals surface area contributed by atoms with Gasteiger partial charge >= 0.3 is 6.03 Å². The number of ether oxygens (including phenoxy) is 1. The van der Waals surface area contributed by atoms with Gasteiger partial charge in [0.05, 0.1) is 11.2 Å². The minimum absolute atomic E-state index is 0.0391. The molecule has 2 unspecified atom stereocenters. The van der Waals surface area contributed by atoms with E-state index >= 15 is 0 Å². The zero-order valence-electron chi connectivity index (χ0n) is 12.9. The Morgan fingerprint density at radius 3 is 2.90 bits per heavy atom. The Hall–Kier alpha value is -0.810. The van der Waals surface area contributed by atoms with Crippen LogP contribution in [0.4, 0.5) is 4.79 Å². The first-order valence-electron chi connectivity index (χ1n) is 7.67. The average molecular weight is 284 g/mol. The molecular weight excluding hydrogens is 256 g/mol. The molecule has 2 N–H and O–H groups in total. The van der Waals surface area contributed by atoms with Crippen LogP contribution in [0.1, 0.15) is 46.0 Å². The molecule has 20 heavy (non-hydrogen) atoms. The molecule has 2 aliphatic rings. The molecule has 1 aliphatic carbocycles. The lowest BCUT2D eigenvalue weighted by molar-refractivity contribution is -0.0873. The number of hydrogen-bond donors (Lipinski definition) is 2. The van der Waals surface area contributed by atoms with E-state index in [1.165, 1.54) is 6.42 Å². The Labute approximate surface area is 121 Å². The number of rotatable bonds is 3. The molecule has 0 aromatic rings. The monoisotopic (exact) mass is 284 g/mol. The van der Waals surface area contributed by atoms with Crippen molar-refractivity contribution in [2.24, 2.45) is 5.92 Å². The molecule has 0 radical (unpaired) electrons. The van der Waals surface area contributed by atoms with Crippen molar-refractivity contribution in [1.82, 2.24) is 10.2 Å². The van der Waals surface area contributed by atoms with Gasteiger partial charge in [0.2, 0.25) is 0 Å². The van der Waals surface area contributed by atoms with Crippen molar-refractivity contribution in [1.29, 1.82) is 0 Å². The predicted octanol–water partition coefficient (Wildman–Crippen LogP) is 1.75. The molecule has 2 rings (SSSR count). The highest BCUT2D eigenvalue weighted by Gasteiger charge is 2.43. The summed E-state index contributed by atoms with van der Waals surface area (Å²) < 4.78 is 5.30. The van der Waals surface area contributed by atoms with Crippen molar-refractivity contribution in [2.45, 2.75) is 57.2 Å².